The average molecular weight is 262 g/mol. The molecule has 0 fully saturated rings. The van der Waals surface area contributed by atoms with Gasteiger partial charge in [0, 0.05) is 6.42 Å². The monoisotopic (exact) mass is 262 g/mol. The van der Waals surface area contributed by atoms with Crippen molar-refractivity contribution in [1.29, 1.82) is 0 Å². The van der Waals surface area contributed by atoms with Gasteiger partial charge in [-0.25, -0.2) is 0 Å². The van der Waals surface area contributed by atoms with Gasteiger partial charge in [0.25, 0.3) is 0 Å². The lowest BCUT2D eigenvalue weighted by Gasteiger charge is -2.02. The number of ketones is 1. The van der Waals surface area contributed by atoms with E-state index in [0.717, 1.165) is 6.42 Å². The summed E-state index contributed by atoms with van der Waals surface area (Å²) in [5.41, 5.74) is 0.541. The number of rotatable bonds is 8. The van der Waals surface area contributed by atoms with Gasteiger partial charge in [0.2, 0.25) is 0 Å². The summed E-state index contributed by atoms with van der Waals surface area (Å²) in [6, 6.07) is 0. The fraction of sp³-hybridized carbons (Fsp3) is 0.400. The average Bonchev–Trinajstić information content (AvgIpc) is 2.40. The molecule has 0 amide bonds. The molecule has 0 heterocycles. The van der Waals surface area contributed by atoms with Crippen molar-refractivity contribution in [2.45, 2.75) is 32.6 Å². The summed E-state index contributed by atoms with van der Waals surface area (Å²) in [6.45, 7) is 5.19. The van der Waals surface area contributed by atoms with Crippen molar-refractivity contribution in [3.8, 4) is 11.8 Å². The molecule has 0 aromatic heterocycles. The van der Waals surface area contributed by atoms with Crippen molar-refractivity contribution in [3.05, 3.63) is 24.3 Å². The van der Waals surface area contributed by atoms with Crippen LogP contribution < -0.4 is 0 Å². The molecular weight excluding hydrogens is 244 g/mol. The molecule has 0 saturated carbocycles. The van der Waals surface area contributed by atoms with Crippen molar-refractivity contribution < 1.29 is 19.1 Å². The number of carbonyl (C=O) groups excluding carboxylic acids is 3. The van der Waals surface area contributed by atoms with Crippen LogP contribution in [0.15, 0.2) is 24.3 Å². The first-order chi connectivity index (χ1) is 9.11. The number of ether oxygens (including phenoxy) is 1. The van der Waals surface area contributed by atoms with Gasteiger partial charge in [-0.1, -0.05) is 24.7 Å². The Morgan fingerprint density at radius 1 is 1.37 bits per heavy atom. The van der Waals surface area contributed by atoms with Crippen LogP contribution in [0.25, 0.3) is 0 Å². The first-order valence-electron chi connectivity index (χ1n) is 6.00. The van der Waals surface area contributed by atoms with E-state index in [4.69, 9.17) is 4.74 Å². The number of hydrogen-bond acceptors (Lipinski definition) is 4. The SMILES string of the molecule is C=CCOC(=O)CC(=O)C(C)=CCCCC#CC=O. The van der Waals surface area contributed by atoms with E-state index < -0.39 is 5.97 Å². The van der Waals surface area contributed by atoms with Gasteiger partial charge in [0.1, 0.15) is 13.0 Å². The lowest BCUT2D eigenvalue weighted by molar-refractivity contribution is -0.144. The standard InChI is InChI=1S/C15H18O4/c1-3-11-19-15(18)12-14(17)13(2)9-7-5-4-6-8-10-16/h3,9-10H,1,4-5,7,11-12H2,2H3. The number of hydrogen-bond donors (Lipinski definition) is 0. The van der Waals surface area contributed by atoms with Gasteiger partial charge in [-0.3, -0.25) is 14.4 Å². The summed E-state index contributed by atoms with van der Waals surface area (Å²) < 4.78 is 4.73. The largest absolute Gasteiger partial charge is 0.461 e. The van der Waals surface area contributed by atoms with Gasteiger partial charge in [0.05, 0.1) is 0 Å². The highest BCUT2D eigenvalue weighted by molar-refractivity contribution is 6.05. The van der Waals surface area contributed by atoms with Crippen molar-refractivity contribution >= 4 is 18.0 Å². The first-order valence-corrected chi connectivity index (χ1v) is 6.00. The number of Topliss-reactive ketones (excluding diaryl/α,β-unsaturated/α-hetero) is 1. The third kappa shape index (κ3) is 9.54. The van der Waals surface area contributed by atoms with Crippen LogP contribution in [-0.4, -0.2) is 24.6 Å². The molecule has 4 heteroatoms. The van der Waals surface area contributed by atoms with Gasteiger partial charge < -0.3 is 4.74 Å². The third-order valence-electron chi connectivity index (χ3n) is 2.22. The molecule has 4 nitrogen and oxygen atoms in total. The summed E-state index contributed by atoms with van der Waals surface area (Å²) in [5, 5.41) is 0. The van der Waals surface area contributed by atoms with Gasteiger partial charge in [-0.05, 0) is 31.3 Å². The lowest BCUT2D eigenvalue weighted by atomic mass is 10.1. The van der Waals surface area contributed by atoms with Crippen LogP contribution in [0.5, 0.6) is 0 Å². The van der Waals surface area contributed by atoms with E-state index in [0.29, 0.717) is 24.7 Å². The number of aldehydes is 1. The van der Waals surface area contributed by atoms with Crippen LogP contribution in [0.3, 0.4) is 0 Å². The van der Waals surface area contributed by atoms with E-state index in [1.807, 2.05) is 0 Å². The Hall–Kier alpha value is -2.15. The van der Waals surface area contributed by atoms with Crippen LogP contribution in [0, 0.1) is 11.8 Å². The van der Waals surface area contributed by atoms with Crippen LogP contribution in [0.2, 0.25) is 0 Å². The Morgan fingerprint density at radius 3 is 2.74 bits per heavy atom. The molecule has 0 radical (unpaired) electrons. The normalized spacial score (nSPS) is 10.1. The molecule has 0 spiro atoms. The Balaban J connectivity index is 4.00. The zero-order valence-corrected chi connectivity index (χ0v) is 11.1. The molecule has 0 aliphatic rings. The molecule has 0 N–H and O–H groups in total. The number of unbranched alkanes of at least 4 members (excludes halogenated alkanes) is 2. The second-order valence-electron chi connectivity index (χ2n) is 3.79. The second kappa shape index (κ2) is 11.0. The molecule has 0 aliphatic carbocycles. The molecule has 0 rings (SSSR count). The second-order valence-corrected chi connectivity index (χ2v) is 3.79. The van der Waals surface area contributed by atoms with Gasteiger partial charge in [-0.2, -0.15) is 0 Å². The molecule has 0 aromatic carbocycles. The highest BCUT2D eigenvalue weighted by Gasteiger charge is 2.11. The number of esters is 1. The van der Waals surface area contributed by atoms with E-state index in [2.05, 4.69) is 18.4 Å². The molecule has 0 unspecified atom stereocenters. The highest BCUT2D eigenvalue weighted by atomic mass is 16.5. The summed E-state index contributed by atoms with van der Waals surface area (Å²) in [6.07, 6.45) is 5.59. The van der Waals surface area contributed by atoms with E-state index >= 15 is 0 Å². The maximum absolute atomic E-state index is 11.6. The smallest absolute Gasteiger partial charge is 0.313 e. The minimum atomic E-state index is -0.547. The first kappa shape index (κ1) is 16.9. The summed E-state index contributed by atoms with van der Waals surface area (Å²) >= 11 is 0. The Bertz CT molecular complexity index is 421. The third-order valence-corrected chi connectivity index (χ3v) is 2.22. The minimum Gasteiger partial charge on any atom is -0.461 e. The molecule has 0 aromatic rings. The zero-order chi connectivity index (χ0) is 14.5. The molecule has 19 heavy (non-hydrogen) atoms. The summed E-state index contributed by atoms with van der Waals surface area (Å²) in [4.78, 5) is 32.7. The van der Waals surface area contributed by atoms with Gasteiger partial charge in [-0.15, -0.1) is 0 Å². The minimum absolute atomic E-state index is 0.115. The molecule has 0 bridgehead atoms. The lowest BCUT2D eigenvalue weighted by Crippen LogP contribution is -2.12. The topological polar surface area (TPSA) is 60.4 Å². The van der Waals surface area contributed by atoms with E-state index in [9.17, 15) is 14.4 Å². The van der Waals surface area contributed by atoms with Crippen LogP contribution in [0.1, 0.15) is 32.6 Å². The van der Waals surface area contributed by atoms with E-state index in [1.165, 1.54) is 6.08 Å². The Labute approximate surface area is 113 Å². The molecule has 102 valence electrons. The van der Waals surface area contributed by atoms with Gasteiger partial charge in [0.15, 0.2) is 12.1 Å². The fourth-order valence-corrected chi connectivity index (χ4v) is 1.21. The number of allylic oxidation sites excluding steroid dienone is 2. The molecule has 0 saturated heterocycles. The Kier molecular flexibility index (Phi) is 9.73. The number of carbonyl (C=O) groups is 3. The zero-order valence-electron chi connectivity index (χ0n) is 11.1. The van der Waals surface area contributed by atoms with Crippen LogP contribution in [-0.2, 0) is 19.1 Å². The van der Waals surface area contributed by atoms with Crippen molar-refractivity contribution in [2.24, 2.45) is 0 Å². The van der Waals surface area contributed by atoms with Crippen LogP contribution >= 0.6 is 0 Å². The Morgan fingerprint density at radius 2 is 2.11 bits per heavy atom. The quantitative estimate of drug-likeness (QED) is 0.128. The summed E-state index contributed by atoms with van der Waals surface area (Å²) in [5.74, 6) is 4.21. The van der Waals surface area contributed by atoms with Gasteiger partial charge >= 0.3 is 5.97 Å². The fourth-order valence-electron chi connectivity index (χ4n) is 1.21. The predicted octanol–water partition coefficient (Wildman–Crippen LogP) is 1.99. The van der Waals surface area contributed by atoms with Crippen molar-refractivity contribution in [1.82, 2.24) is 0 Å². The molecule has 0 atom stereocenters. The maximum atomic E-state index is 11.6. The predicted molar refractivity (Wildman–Crippen MR) is 72.2 cm³/mol. The van der Waals surface area contributed by atoms with Crippen molar-refractivity contribution in [2.75, 3.05) is 6.61 Å². The van der Waals surface area contributed by atoms with E-state index in [1.54, 1.807) is 13.0 Å². The van der Waals surface area contributed by atoms with Crippen molar-refractivity contribution in [3.63, 3.8) is 0 Å². The molecule has 0 aliphatic heterocycles. The summed E-state index contributed by atoms with van der Waals surface area (Å²) in [7, 11) is 0. The van der Waals surface area contributed by atoms with E-state index in [-0.39, 0.29) is 18.8 Å². The maximum Gasteiger partial charge on any atom is 0.313 e. The molecular formula is C15H18O4. The van der Waals surface area contributed by atoms with Crippen LogP contribution in [0.4, 0.5) is 0 Å². The highest BCUT2D eigenvalue weighted by Crippen LogP contribution is 2.05.